The maximum Gasteiger partial charge on any atom is 0.210 e. The Morgan fingerprint density at radius 1 is 1.40 bits per heavy atom. The molecular weight excluding hydrogens is 327 g/mol. The molecule has 4 rings (SSSR count). The van der Waals surface area contributed by atoms with Crippen molar-refractivity contribution in [1.82, 2.24) is 19.6 Å². The fourth-order valence-corrected chi connectivity index (χ4v) is 2.87. The van der Waals surface area contributed by atoms with Crippen molar-refractivity contribution in [2.75, 3.05) is 25.1 Å². The molecule has 1 aromatic carbocycles. The molecule has 1 aliphatic rings. The van der Waals surface area contributed by atoms with Crippen molar-refractivity contribution in [3.63, 3.8) is 0 Å². The summed E-state index contributed by atoms with van der Waals surface area (Å²) in [6.45, 7) is 1.60. The first-order chi connectivity index (χ1) is 12.3. The van der Waals surface area contributed by atoms with Crippen LogP contribution in [0.2, 0.25) is 0 Å². The van der Waals surface area contributed by atoms with E-state index < -0.39 is 0 Å². The molecule has 0 unspecified atom stereocenters. The van der Waals surface area contributed by atoms with Crippen LogP contribution in [-0.4, -0.2) is 39.3 Å². The minimum Gasteiger partial charge on any atom is -0.493 e. The van der Waals surface area contributed by atoms with E-state index in [4.69, 9.17) is 15.2 Å². The van der Waals surface area contributed by atoms with Gasteiger partial charge in [0.05, 0.1) is 12.8 Å². The van der Waals surface area contributed by atoms with E-state index in [1.54, 1.807) is 16.7 Å². The molecule has 0 radical (unpaired) electrons. The predicted octanol–water partition coefficient (Wildman–Crippen LogP) is 1.15. The quantitative estimate of drug-likeness (QED) is 0.692. The van der Waals surface area contributed by atoms with E-state index in [-0.39, 0.29) is 12.4 Å². The molecule has 0 fully saturated rings. The Kier molecular flexibility index (Phi) is 4.06. The van der Waals surface area contributed by atoms with Crippen molar-refractivity contribution in [1.29, 1.82) is 0 Å². The largest absolute Gasteiger partial charge is 0.493 e. The van der Waals surface area contributed by atoms with Gasteiger partial charge in [0.1, 0.15) is 24.5 Å². The first-order valence-corrected chi connectivity index (χ1v) is 7.96. The summed E-state index contributed by atoms with van der Waals surface area (Å²) in [5.74, 6) is 1.47. The molecular formula is C16H17FN6O2. The van der Waals surface area contributed by atoms with Crippen molar-refractivity contribution < 1.29 is 13.9 Å². The molecule has 0 bridgehead atoms. The Bertz CT molecular complexity index is 913. The van der Waals surface area contributed by atoms with E-state index in [1.807, 2.05) is 0 Å². The minimum atomic E-state index is -0.264. The van der Waals surface area contributed by atoms with Crippen LogP contribution in [-0.2, 0) is 13.0 Å². The molecule has 3 aromatic rings. The lowest BCUT2D eigenvalue weighted by atomic mass is 10.0. The maximum absolute atomic E-state index is 14.2. The van der Waals surface area contributed by atoms with E-state index in [0.29, 0.717) is 49.1 Å². The molecule has 0 atom stereocenters. The third-order valence-corrected chi connectivity index (χ3v) is 4.04. The van der Waals surface area contributed by atoms with E-state index in [1.165, 1.54) is 12.4 Å². The fraction of sp³-hybridized carbons (Fsp3) is 0.312. The van der Waals surface area contributed by atoms with Crippen molar-refractivity contribution in [3.8, 4) is 11.5 Å². The lowest BCUT2D eigenvalue weighted by Gasteiger charge is -2.12. The summed E-state index contributed by atoms with van der Waals surface area (Å²) >= 11 is 0. The number of ether oxygens (including phenoxy) is 2. The Balaban J connectivity index is 1.60. The summed E-state index contributed by atoms with van der Waals surface area (Å²) in [5, 5.41) is 11.1. The topological polar surface area (TPSA) is 99.6 Å². The van der Waals surface area contributed by atoms with E-state index in [9.17, 15) is 4.39 Å². The highest BCUT2D eigenvalue weighted by Crippen LogP contribution is 2.30. The Labute approximate surface area is 142 Å². The average Bonchev–Trinajstić information content (AvgIpc) is 3.29. The van der Waals surface area contributed by atoms with Gasteiger partial charge in [0, 0.05) is 30.6 Å². The van der Waals surface area contributed by atoms with Gasteiger partial charge in [0.2, 0.25) is 11.6 Å². The second-order valence-corrected chi connectivity index (χ2v) is 5.56. The molecule has 0 saturated heterocycles. The van der Waals surface area contributed by atoms with Crippen LogP contribution >= 0.6 is 0 Å². The lowest BCUT2D eigenvalue weighted by Crippen LogP contribution is -2.13. The Morgan fingerprint density at radius 3 is 3.20 bits per heavy atom. The van der Waals surface area contributed by atoms with Crippen molar-refractivity contribution >= 4 is 11.6 Å². The normalized spacial score (nSPS) is 12.9. The molecule has 130 valence electrons. The molecule has 0 aliphatic carbocycles. The zero-order chi connectivity index (χ0) is 17.2. The molecule has 9 heteroatoms. The van der Waals surface area contributed by atoms with Gasteiger partial charge in [-0.25, -0.2) is 13.8 Å². The second kappa shape index (κ2) is 6.52. The molecule has 2 aromatic heterocycles. The van der Waals surface area contributed by atoms with E-state index >= 15 is 0 Å². The van der Waals surface area contributed by atoms with Gasteiger partial charge in [0.15, 0.2) is 5.75 Å². The third kappa shape index (κ3) is 2.82. The third-order valence-electron chi connectivity index (χ3n) is 4.04. The summed E-state index contributed by atoms with van der Waals surface area (Å²) in [5.41, 5.74) is 7.45. The van der Waals surface area contributed by atoms with Gasteiger partial charge < -0.3 is 20.5 Å². The number of rotatable bonds is 6. The zero-order valence-electron chi connectivity index (χ0n) is 13.4. The number of nitrogens with zero attached hydrogens (tertiary/aromatic N) is 4. The van der Waals surface area contributed by atoms with Gasteiger partial charge in [-0.05, 0) is 12.1 Å². The highest BCUT2D eigenvalue weighted by atomic mass is 19.1. The van der Waals surface area contributed by atoms with Crippen molar-refractivity contribution in [2.24, 2.45) is 5.73 Å². The Morgan fingerprint density at radius 2 is 2.32 bits per heavy atom. The SMILES string of the molecule is NCCOc1cnc(NCc2c(F)ccc3c2CCO3)n2cnnc12. The van der Waals surface area contributed by atoms with E-state index in [0.717, 1.165) is 11.3 Å². The monoisotopic (exact) mass is 344 g/mol. The van der Waals surface area contributed by atoms with Gasteiger partial charge in [0.25, 0.3) is 0 Å². The summed E-state index contributed by atoms with van der Waals surface area (Å²) in [6, 6.07) is 3.09. The van der Waals surface area contributed by atoms with E-state index in [2.05, 4.69) is 20.5 Å². The highest BCUT2D eigenvalue weighted by Gasteiger charge is 2.20. The van der Waals surface area contributed by atoms with Crippen LogP contribution in [0.1, 0.15) is 11.1 Å². The number of fused-ring (bicyclic) bond motifs is 2. The molecule has 3 heterocycles. The number of nitrogens with two attached hydrogens (primary N) is 1. The molecule has 1 aliphatic heterocycles. The van der Waals surface area contributed by atoms with Crippen LogP contribution in [0.4, 0.5) is 10.3 Å². The van der Waals surface area contributed by atoms with Crippen LogP contribution in [0.25, 0.3) is 5.65 Å². The number of halogens is 1. The maximum atomic E-state index is 14.2. The Hall–Kier alpha value is -2.94. The van der Waals surface area contributed by atoms with Crippen LogP contribution in [0.3, 0.4) is 0 Å². The van der Waals surface area contributed by atoms with Gasteiger partial charge in [-0.3, -0.25) is 0 Å². The molecule has 0 amide bonds. The van der Waals surface area contributed by atoms with Crippen LogP contribution in [0.5, 0.6) is 11.5 Å². The standard InChI is InChI=1S/C16H17FN6O2/c17-12-1-2-13-10(3-5-24-13)11(12)7-19-16-20-8-14(25-6-4-18)15-22-21-9-23(15)16/h1-2,8-9H,3-7,18H2,(H,19,20). The van der Waals surface area contributed by atoms with Gasteiger partial charge in [-0.2, -0.15) is 0 Å². The molecule has 0 spiro atoms. The van der Waals surface area contributed by atoms with Crippen LogP contribution in [0.15, 0.2) is 24.7 Å². The van der Waals surface area contributed by atoms with Crippen LogP contribution < -0.4 is 20.5 Å². The van der Waals surface area contributed by atoms with Gasteiger partial charge >= 0.3 is 0 Å². The summed E-state index contributed by atoms with van der Waals surface area (Å²) in [4.78, 5) is 4.32. The number of hydrogen-bond donors (Lipinski definition) is 2. The summed E-state index contributed by atoms with van der Waals surface area (Å²) < 4.78 is 26.9. The number of hydrogen-bond acceptors (Lipinski definition) is 7. The van der Waals surface area contributed by atoms with Crippen molar-refractivity contribution in [3.05, 3.63) is 41.6 Å². The minimum absolute atomic E-state index is 0.264. The number of anilines is 1. The van der Waals surface area contributed by atoms with Crippen molar-refractivity contribution in [2.45, 2.75) is 13.0 Å². The number of nitrogens with one attached hydrogen (secondary N) is 1. The summed E-state index contributed by atoms with van der Waals surface area (Å²) in [7, 11) is 0. The molecule has 0 saturated carbocycles. The number of aromatic nitrogens is 4. The van der Waals surface area contributed by atoms with Gasteiger partial charge in [-0.1, -0.05) is 0 Å². The average molecular weight is 344 g/mol. The molecule has 3 N–H and O–H groups in total. The molecule has 8 nitrogen and oxygen atoms in total. The fourth-order valence-electron chi connectivity index (χ4n) is 2.87. The zero-order valence-corrected chi connectivity index (χ0v) is 13.4. The second-order valence-electron chi connectivity index (χ2n) is 5.56. The first kappa shape index (κ1) is 15.6. The number of benzene rings is 1. The smallest absolute Gasteiger partial charge is 0.210 e. The lowest BCUT2D eigenvalue weighted by molar-refractivity contribution is 0.329. The summed E-state index contributed by atoms with van der Waals surface area (Å²) in [6.07, 6.45) is 3.77. The van der Waals surface area contributed by atoms with Gasteiger partial charge in [-0.15, -0.1) is 10.2 Å². The highest BCUT2D eigenvalue weighted by molar-refractivity contribution is 5.56. The predicted molar refractivity (Wildman–Crippen MR) is 88.3 cm³/mol. The molecule has 25 heavy (non-hydrogen) atoms. The first-order valence-electron chi connectivity index (χ1n) is 7.96. The van der Waals surface area contributed by atoms with Crippen LogP contribution in [0, 0.1) is 5.82 Å².